The summed E-state index contributed by atoms with van der Waals surface area (Å²) in [5, 5.41) is 0. The topological polar surface area (TPSA) is 68.9 Å². The third kappa shape index (κ3) is 8.78. The van der Waals surface area contributed by atoms with E-state index in [4.69, 9.17) is 33.9 Å². The zero-order chi connectivity index (χ0) is 29.4. The Balaban J connectivity index is 1.75. The molecule has 2 atom stereocenters. The molecule has 4 bridgehead atoms. The molecule has 0 N–H and O–H groups in total. The Kier molecular flexibility index (Phi) is 13.0. The van der Waals surface area contributed by atoms with Gasteiger partial charge >= 0.3 is 11.9 Å². The van der Waals surface area contributed by atoms with Gasteiger partial charge in [0.1, 0.15) is 12.1 Å². The van der Waals surface area contributed by atoms with Crippen molar-refractivity contribution in [2.24, 2.45) is 0 Å². The lowest BCUT2D eigenvalue weighted by Crippen LogP contribution is -2.37. The molecule has 0 amide bonds. The first-order chi connectivity index (χ1) is 19.0. The van der Waals surface area contributed by atoms with Crippen molar-refractivity contribution < 1.29 is 19.1 Å². The average molecular weight is 629 g/mol. The fourth-order valence-electron chi connectivity index (χ4n) is 5.10. The van der Waals surface area contributed by atoms with E-state index < -0.39 is 0 Å². The van der Waals surface area contributed by atoms with Crippen molar-refractivity contribution in [2.75, 3.05) is 41.4 Å². The SMILES string of the molecule is Cc1c2sc(=S)n1CCCC[C@H](N(C)C)C(=O)OCCc1sc(=S)n(c1C)CCCC[C@H](N(C)C)C(=O)OCC2. The molecule has 3 rings (SSSR count). The zero-order valence-electron chi connectivity index (χ0n) is 24.7. The Hall–Kier alpha value is -1.44. The van der Waals surface area contributed by atoms with Gasteiger partial charge in [0.2, 0.25) is 0 Å². The minimum absolute atomic E-state index is 0.171. The second-order valence-electron chi connectivity index (χ2n) is 10.8. The molecule has 0 saturated carbocycles. The number of likely N-dealkylation sites (N-methyl/N-ethyl adjacent to an activating group) is 2. The number of thiazole rings is 2. The van der Waals surface area contributed by atoms with Gasteiger partial charge in [0.25, 0.3) is 0 Å². The molecule has 224 valence electrons. The van der Waals surface area contributed by atoms with E-state index >= 15 is 0 Å². The van der Waals surface area contributed by atoms with Crippen LogP contribution in [0.1, 0.15) is 59.7 Å². The van der Waals surface area contributed by atoms with Crippen LogP contribution in [0, 0.1) is 21.8 Å². The van der Waals surface area contributed by atoms with Gasteiger partial charge in [-0.2, -0.15) is 0 Å². The molecule has 8 nitrogen and oxygen atoms in total. The lowest BCUT2D eigenvalue weighted by molar-refractivity contribution is -0.150. The minimum Gasteiger partial charge on any atom is -0.464 e. The van der Waals surface area contributed by atoms with Gasteiger partial charge in [0.05, 0.1) is 13.2 Å². The Morgan fingerprint density at radius 3 is 1.43 bits per heavy atom. The summed E-state index contributed by atoms with van der Waals surface area (Å²) < 4.78 is 17.5. The van der Waals surface area contributed by atoms with Crippen LogP contribution in [-0.2, 0) is 45.0 Å². The highest BCUT2D eigenvalue weighted by molar-refractivity contribution is 7.73. The standard InChI is InChI=1S/C28H44N4O4S4/c1-19-23-13-17-35-25(33)22(30(5)6)12-8-10-16-32-20(2)24(40-28(32)38)14-18-36-26(34)21(29(3)4)11-7-9-15-31(19)27(37)39-23/h21-22H,7-18H2,1-6H3/t21-,22-/m0/s1. The number of carbonyl (C=O) groups is 2. The highest BCUT2D eigenvalue weighted by atomic mass is 32.2. The Morgan fingerprint density at radius 2 is 1.07 bits per heavy atom. The van der Waals surface area contributed by atoms with Crippen molar-refractivity contribution in [3.63, 3.8) is 0 Å². The molecule has 2 aromatic heterocycles. The molecule has 0 aliphatic carbocycles. The quantitative estimate of drug-likeness (QED) is 0.316. The van der Waals surface area contributed by atoms with Crippen molar-refractivity contribution in [2.45, 2.75) is 90.4 Å². The third-order valence-corrected chi connectivity index (χ3v) is 10.9. The van der Waals surface area contributed by atoms with E-state index in [0.717, 1.165) is 80.7 Å². The monoisotopic (exact) mass is 628 g/mol. The maximum Gasteiger partial charge on any atom is 0.323 e. The van der Waals surface area contributed by atoms with Crippen LogP contribution in [0.2, 0.25) is 0 Å². The fourth-order valence-corrected chi connectivity index (χ4v) is 8.14. The van der Waals surface area contributed by atoms with E-state index in [9.17, 15) is 9.59 Å². The number of nitrogens with zero attached hydrogens (tertiary/aromatic N) is 4. The molecule has 1 aliphatic heterocycles. The number of cyclic esters (lactones) is 2. The first kappa shape index (κ1) is 33.1. The van der Waals surface area contributed by atoms with Crippen molar-refractivity contribution in [1.29, 1.82) is 0 Å². The second-order valence-corrected chi connectivity index (χ2v) is 14.3. The van der Waals surface area contributed by atoms with E-state index in [0.29, 0.717) is 26.1 Å². The van der Waals surface area contributed by atoms with Crippen LogP contribution in [0.25, 0.3) is 0 Å². The lowest BCUT2D eigenvalue weighted by Gasteiger charge is -2.23. The molecule has 0 radical (unpaired) electrons. The van der Waals surface area contributed by atoms with Crippen LogP contribution in [0.4, 0.5) is 0 Å². The van der Waals surface area contributed by atoms with Crippen molar-refractivity contribution >= 4 is 59.0 Å². The van der Waals surface area contributed by atoms with E-state index in [1.807, 2.05) is 38.0 Å². The predicted molar refractivity (Wildman–Crippen MR) is 168 cm³/mol. The van der Waals surface area contributed by atoms with Crippen molar-refractivity contribution in [3.8, 4) is 0 Å². The molecule has 0 saturated heterocycles. The summed E-state index contributed by atoms with van der Waals surface area (Å²) >= 11 is 14.5. The van der Waals surface area contributed by atoms with E-state index in [-0.39, 0.29) is 24.0 Å². The molecule has 0 spiro atoms. The van der Waals surface area contributed by atoms with Crippen LogP contribution in [-0.4, -0.2) is 84.4 Å². The molecular weight excluding hydrogens is 585 g/mol. The van der Waals surface area contributed by atoms with Gasteiger partial charge in [-0.25, -0.2) is 0 Å². The zero-order valence-corrected chi connectivity index (χ0v) is 28.0. The molecule has 40 heavy (non-hydrogen) atoms. The first-order valence-corrected chi connectivity index (χ1v) is 16.5. The molecule has 12 heteroatoms. The minimum atomic E-state index is -0.276. The molecule has 1 aliphatic rings. The summed E-state index contributed by atoms with van der Waals surface area (Å²) in [6.45, 7) is 6.47. The number of hydrogen-bond donors (Lipinski definition) is 0. The summed E-state index contributed by atoms with van der Waals surface area (Å²) in [7, 11) is 7.70. The largest absolute Gasteiger partial charge is 0.464 e. The Bertz CT molecular complexity index is 1160. The van der Waals surface area contributed by atoms with Gasteiger partial charge in [-0.15, -0.1) is 22.7 Å². The molecule has 0 aromatic carbocycles. The molecule has 0 unspecified atom stereocenters. The second kappa shape index (κ2) is 15.7. The summed E-state index contributed by atoms with van der Waals surface area (Å²) in [4.78, 5) is 32.1. The lowest BCUT2D eigenvalue weighted by atomic mass is 10.1. The van der Waals surface area contributed by atoms with Crippen molar-refractivity contribution in [1.82, 2.24) is 18.9 Å². The fraction of sp³-hybridized carbons (Fsp3) is 0.714. The highest BCUT2D eigenvalue weighted by Gasteiger charge is 2.24. The number of ether oxygens (including phenoxy) is 2. The summed E-state index contributed by atoms with van der Waals surface area (Å²) in [5.74, 6) is -0.341. The summed E-state index contributed by atoms with van der Waals surface area (Å²) in [6.07, 6.45) is 6.38. The van der Waals surface area contributed by atoms with E-state index in [2.05, 4.69) is 23.0 Å². The predicted octanol–water partition coefficient (Wildman–Crippen LogP) is 5.57. The van der Waals surface area contributed by atoms with Crippen LogP contribution in [0.3, 0.4) is 0 Å². The maximum absolute atomic E-state index is 12.9. The number of esters is 2. The molecule has 2 aromatic rings. The number of hydrogen-bond acceptors (Lipinski definition) is 10. The molecule has 3 heterocycles. The van der Waals surface area contributed by atoms with Gasteiger partial charge in [-0.05, 0) is 105 Å². The van der Waals surface area contributed by atoms with Gasteiger partial charge in [-0.3, -0.25) is 19.4 Å². The van der Waals surface area contributed by atoms with Crippen molar-refractivity contribution in [3.05, 3.63) is 29.1 Å². The summed E-state index contributed by atoms with van der Waals surface area (Å²) in [6, 6.07) is -0.551. The molecular formula is C28H44N4O4S4. The summed E-state index contributed by atoms with van der Waals surface area (Å²) in [5.41, 5.74) is 2.27. The van der Waals surface area contributed by atoms with Crippen LogP contribution < -0.4 is 0 Å². The van der Waals surface area contributed by atoms with Gasteiger partial charge in [0.15, 0.2) is 7.91 Å². The van der Waals surface area contributed by atoms with Crippen LogP contribution in [0.15, 0.2) is 0 Å². The number of carbonyl (C=O) groups excluding carboxylic acids is 2. The van der Waals surface area contributed by atoms with E-state index in [1.165, 1.54) is 0 Å². The highest BCUT2D eigenvalue weighted by Crippen LogP contribution is 2.23. The number of fused-ring (bicyclic) bond motifs is 4. The average Bonchev–Trinajstić information content (AvgIpc) is 3.31. The normalized spacial score (nSPS) is 21.2. The third-order valence-electron chi connectivity index (χ3n) is 7.63. The maximum atomic E-state index is 12.9. The van der Waals surface area contributed by atoms with Gasteiger partial charge in [0, 0.05) is 47.1 Å². The molecule has 0 fully saturated rings. The van der Waals surface area contributed by atoms with Gasteiger partial charge in [-0.1, -0.05) is 0 Å². The van der Waals surface area contributed by atoms with Crippen LogP contribution in [0.5, 0.6) is 0 Å². The number of rotatable bonds is 2. The Morgan fingerprint density at radius 1 is 0.700 bits per heavy atom. The van der Waals surface area contributed by atoms with Crippen LogP contribution >= 0.6 is 47.1 Å². The van der Waals surface area contributed by atoms with Gasteiger partial charge < -0.3 is 18.6 Å². The van der Waals surface area contributed by atoms with E-state index in [1.54, 1.807) is 22.7 Å². The number of aromatic nitrogens is 2. The smallest absolute Gasteiger partial charge is 0.323 e. The Labute approximate surface area is 256 Å². The first-order valence-electron chi connectivity index (χ1n) is 14.1.